The Morgan fingerprint density at radius 2 is 1.76 bits per heavy atom. The Morgan fingerprint density at radius 3 is 2.35 bits per heavy atom. The Kier molecular flexibility index (Phi) is 3.51. The highest BCUT2D eigenvalue weighted by Crippen LogP contribution is 2.37. The van der Waals surface area contributed by atoms with Crippen LogP contribution in [0.1, 0.15) is 39.7 Å². The molecule has 0 aromatic heterocycles. The van der Waals surface area contributed by atoms with Crippen molar-refractivity contribution >= 4 is 5.57 Å². The van der Waals surface area contributed by atoms with Crippen LogP contribution in [0.5, 0.6) is 0 Å². The van der Waals surface area contributed by atoms with Crippen LogP contribution < -0.4 is 0 Å². The van der Waals surface area contributed by atoms with Gasteiger partial charge in [0.2, 0.25) is 0 Å². The molecule has 2 rings (SSSR count). The fourth-order valence-corrected chi connectivity index (χ4v) is 2.74. The molecule has 90 valence electrons. The Balaban J connectivity index is 2.46. The maximum atomic E-state index is 2.45. The molecule has 0 heterocycles. The van der Waals surface area contributed by atoms with Gasteiger partial charge < -0.3 is 0 Å². The van der Waals surface area contributed by atoms with Gasteiger partial charge in [0.25, 0.3) is 0 Å². The lowest BCUT2D eigenvalue weighted by atomic mass is 9.79. The lowest BCUT2D eigenvalue weighted by Gasteiger charge is -2.26. The summed E-state index contributed by atoms with van der Waals surface area (Å²) in [5.41, 5.74) is 5.94. The van der Waals surface area contributed by atoms with E-state index >= 15 is 0 Å². The molecule has 0 nitrogen and oxygen atoms in total. The van der Waals surface area contributed by atoms with E-state index in [1.807, 2.05) is 0 Å². The van der Waals surface area contributed by atoms with E-state index in [4.69, 9.17) is 0 Å². The fourth-order valence-electron chi connectivity index (χ4n) is 2.74. The molecule has 0 radical (unpaired) electrons. The predicted molar refractivity (Wildman–Crippen MR) is 75.7 cm³/mol. The zero-order valence-electron chi connectivity index (χ0n) is 11.3. The van der Waals surface area contributed by atoms with Crippen molar-refractivity contribution in [3.05, 3.63) is 53.1 Å². The number of rotatable bonds is 2. The second-order valence-corrected chi connectivity index (χ2v) is 5.43. The second-order valence-electron chi connectivity index (χ2n) is 5.43. The first-order valence-electron chi connectivity index (χ1n) is 6.57. The molecule has 1 aromatic rings. The maximum absolute atomic E-state index is 2.45. The minimum absolute atomic E-state index is 0.622. The van der Waals surface area contributed by atoms with Crippen molar-refractivity contribution in [2.75, 3.05) is 0 Å². The molecule has 0 fully saturated rings. The van der Waals surface area contributed by atoms with Gasteiger partial charge in [-0.15, -0.1) is 0 Å². The highest BCUT2D eigenvalue weighted by atomic mass is 14.2. The minimum atomic E-state index is 0.622. The van der Waals surface area contributed by atoms with E-state index in [2.05, 4.69) is 64.1 Å². The molecule has 17 heavy (non-hydrogen) atoms. The molecule has 1 unspecified atom stereocenters. The molecule has 0 aliphatic heterocycles. The largest absolute Gasteiger partial charge is 0.0776 e. The molecule has 0 heteroatoms. The summed E-state index contributed by atoms with van der Waals surface area (Å²) in [6, 6.07) is 10.8. The van der Waals surface area contributed by atoms with Crippen molar-refractivity contribution in [2.45, 2.75) is 34.1 Å². The van der Waals surface area contributed by atoms with E-state index < -0.39 is 0 Å². The molecule has 1 atom stereocenters. The van der Waals surface area contributed by atoms with Gasteiger partial charge in [-0.1, -0.05) is 57.2 Å². The molecule has 1 aromatic carbocycles. The zero-order chi connectivity index (χ0) is 12.4. The van der Waals surface area contributed by atoms with E-state index in [1.165, 1.54) is 28.7 Å². The third-order valence-electron chi connectivity index (χ3n) is 3.62. The lowest BCUT2D eigenvalue weighted by molar-refractivity contribution is 0.687. The first kappa shape index (κ1) is 12.2. The van der Waals surface area contributed by atoms with Crippen LogP contribution in [-0.4, -0.2) is 0 Å². The van der Waals surface area contributed by atoms with Gasteiger partial charge in [-0.25, -0.2) is 0 Å². The molecule has 0 saturated heterocycles. The summed E-state index contributed by atoms with van der Waals surface area (Å²) >= 11 is 0. The van der Waals surface area contributed by atoms with E-state index in [-0.39, 0.29) is 0 Å². The van der Waals surface area contributed by atoms with E-state index in [9.17, 15) is 0 Å². The summed E-state index contributed by atoms with van der Waals surface area (Å²) in [6.07, 6.45) is 3.62. The van der Waals surface area contributed by atoms with E-state index in [0.717, 1.165) is 0 Å². The normalized spacial score (nSPS) is 20.8. The smallest absolute Gasteiger partial charge is 0.0209 e. The average Bonchev–Trinajstić information content (AvgIpc) is 2.32. The number of hydrogen-bond donors (Lipinski definition) is 0. The summed E-state index contributed by atoms with van der Waals surface area (Å²) in [6.45, 7) is 9.17. The topological polar surface area (TPSA) is 0 Å². The van der Waals surface area contributed by atoms with Crippen LogP contribution in [0, 0.1) is 11.8 Å². The van der Waals surface area contributed by atoms with Crippen molar-refractivity contribution in [1.29, 1.82) is 0 Å². The number of allylic oxidation sites excluding steroid dienone is 4. The summed E-state index contributed by atoms with van der Waals surface area (Å²) < 4.78 is 0. The van der Waals surface area contributed by atoms with Gasteiger partial charge in [0, 0.05) is 0 Å². The van der Waals surface area contributed by atoms with Crippen LogP contribution in [0.25, 0.3) is 5.57 Å². The molecule has 0 N–H and O–H groups in total. The SMILES string of the molecule is CC1=C(c2ccccc2)CC(C)C=C1C(C)C. The second kappa shape index (κ2) is 4.91. The molecular formula is C17H22. The van der Waals surface area contributed by atoms with Crippen LogP contribution in [0.2, 0.25) is 0 Å². The summed E-state index contributed by atoms with van der Waals surface area (Å²) in [5, 5.41) is 0. The van der Waals surface area contributed by atoms with Gasteiger partial charge in [-0.3, -0.25) is 0 Å². The van der Waals surface area contributed by atoms with Gasteiger partial charge in [-0.2, -0.15) is 0 Å². The minimum Gasteiger partial charge on any atom is -0.0776 e. The van der Waals surface area contributed by atoms with Crippen molar-refractivity contribution in [1.82, 2.24) is 0 Å². The number of hydrogen-bond acceptors (Lipinski definition) is 0. The van der Waals surface area contributed by atoms with Gasteiger partial charge in [0.1, 0.15) is 0 Å². The molecule has 0 saturated carbocycles. The standard InChI is InChI=1S/C17H22/c1-12(2)16-10-13(3)11-17(14(16)4)15-8-6-5-7-9-15/h5-10,12-13H,11H2,1-4H3. The molecule has 0 spiro atoms. The highest BCUT2D eigenvalue weighted by Gasteiger charge is 2.19. The number of benzene rings is 1. The summed E-state index contributed by atoms with van der Waals surface area (Å²) in [5.74, 6) is 1.28. The zero-order valence-corrected chi connectivity index (χ0v) is 11.3. The third-order valence-corrected chi connectivity index (χ3v) is 3.62. The van der Waals surface area contributed by atoms with E-state index in [1.54, 1.807) is 0 Å². The Morgan fingerprint density at radius 1 is 1.12 bits per heavy atom. The van der Waals surface area contributed by atoms with Crippen LogP contribution in [-0.2, 0) is 0 Å². The van der Waals surface area contributed by atoms with Crippen molar-refractivity contribution in [3.8, 4) is 0 Å². The van der Waals surface area contributed by atoms with Gasteiger partial charge in [0.05, 0.1) is 0 Å². The maximum Gasteiger partial charge on any atom is -0.0209 e. The van der Waals surface area contributed by atoms with Gasteiger partial charge in [-0.05, 0) is 47.5 Å². The fraction of sp³-hybridized carbons (Fsp3) is 0.412. The molecule has 0 amide bonds. The Hall–Kier alpha value is -1.30. The molecule has 1 aliphatic carbocycles. The van der Waals surface area contributed by atoms with E-state index in [0.29, 0.717) is 11.8 Å². The quantitative estimate of drug-likeness (QED) is 0.659. The molecular weight excluding hydrogens is 204 g/mol. The van der Waals surface area contributed by atoms with Crippen LogP contribution in [0.4, 0.5) is 0 Å². The van der Waals surface area contributed by atoms with Crippen LogP contribution in [0.3, 0.4) is 0 Å². The van der Waals surface area contributed by atoms with Gasteiger partial charge >= 0.3 is 0 Å². The first-order valence-corrected chi connectivity index (χ1v) is 6.57. The Bertz CT molecular complexity index is 446. The summed E-state index contributed by atoms with van der Waals surface area (Å²) in [4.78, 5) is 0. The van der Waals surface area contributed by atoms with Crippen LogP contribution in [0.15, 0.2) is 47.6 Å². The third kappa shape index (κ3) is 2.52. The average molecular weight is 226 g/mol. The van der Waals surface area contributed by atoms with Crippen molar-refractivity contribution < 1.29 is 0 Å². The first-order chi connectivity index (χ1) is 8.09. The monoisotopic (exact) mass is 226 g/mol. The molecule has 1 aliphatic rings. The summed E-state index contributed by atoms with van der Waals surface area (Å²) in [7, 11) is 0. The van der Waals surface area contributed by atoms with Crippen LogP contribution >= 0.6 is 0 Å². The predicted octanol–water partition coefficient (Wildman–Crippen LogP) is 5.08. The Labute approximate surface area is 105 Å². The molecule has 0 bridgehead atoms. The lowest BCUT2D eigenvalue weighted by Crippen LogP contribution is -2.09. The highest BCUT2D eigenvalue weighted by molar-refractivity contribution is 5.73. The van der Waals surface area contributed by atoms with Crippen molar-refractivity contribution in [2.24, 2.45) is 11.8 Å². The van der Waals surface area contributed by atoms with Gasteiger partial charge in [0.15, 0.2) is 0 Å². The van der Waals surface area contributed by atoms with Crippen molar-refractivity contribution in [3.63, 3.8) is 0 Å².